The van der Waals surface area contributed by atoms with E-state index >= 15 is 0 Å². The van der Waals surface area contributed by atoms with Crippen LogP contribution in [0.15, 0.2) is 72.8 Å². The summed E-state index contributed by atoms with van der Waals surface area (Å²) in [5.41, 5.74) is 3.02. The van der Waals surface area contributed by atoms with E-state index in [1.54, 1.807) is 24.3 Å². The molecule has 0 spiro atoms. The lowest BCUT2D eigenvalue weighted by atomic mass is 10.1. The van der Waals surface area contributed by atoms with Gasteiger partial charge in [-0.25, -0.2) is 0 Å². The Labute approximate surface area is 160 Å². The zero-order valence-electron chi connectivity index (χ0n) is 14.5. The molecule has 0 atom stereocenters. The van der Waals surface area contributed by atoms with Gasteiger partial charge in [0.1, 0.15) is 0 Å². The summed E-state index contributed by atoms with van der Waals surface area (Å²) in [6.45, 7) is 0. The van der Waals surface area contributed by atoms with Gasteiger partial charge in [0.25, 0.3) is 11.4 Å². The number of non-ortho nitro benzene ring substituents is 2. The van der Waals surface area contributed by atoms with Crippen molar-refractivity contribution in [1.29, 1.82) is 0 Å². The smallest absolute Gasteiger partial charge is 0.258 e. The Balaban J connectivity index is 1.69. The molecule has 0 aliphatic rings. The summed E-state index contributed by atoms with van der Waals surface area (Å²) in [6, 6.07) is 19.4. The molecule has 6 heteroatoms. The zero-order valence-corrected chi connectivity index (χ0v) is 14.5. The molecule has 0 radical (unpaired) electrons. The van der Waals surface area contributed by atoms with Crippen molar-refractivity contribution in [3.05, 3.63) is 115 Å². The molecular formula is C22H12N2O4. The fraction of sp³-hybridized carbons (Fsp3) is 0. The van der Waals surface area contributed by atoms with E-state index in [0.717, 1.165) is 11.1 Å². The first-order valence-electron chi connectivity index (χ1n) is 8.14. The van der Waals surface area contributed by atoms with Gasteiger partial charge in [0.2, 0.25) is 0 Å². The first-order chi connectivity index (χ1) is 13.5. The van der Waals surface area contributed by atoms with Crippen LogP contribution in [0.3, 0.4) is 0 Å². The average Bonchev–Trinajstić information content (AvgIpc) is 2.72. The average molecular weight is 368 g/mol. The molecule has 6 nitrogen and oxygen atoms in total. The van der Waals surface area contributed by atoms with E-state index in [-0.39, 0.29) is 11.4 Å². The molecule has 0 saturated carbocycles. The molecular weight excluding hydrogens is 356 g/mol. The van der Waals surface area contributed by atoms with Crippen LogP contribution in [-0.2, 0) is 0 Å². The number of nitrogens with zero attached hydrogens (tertiary/aromatic N) is 2. The minimum atomic E-state index is -0.451. The van der Waals surface area contributed by atoms with E-state index in [1.807, 2.05) is 24.3 Å². The molecule has 0 aliphatic heterocycles. The van der Waals surface area contributed by atoms with Crippen LogP contribution >= 0.6 is 0 Å². The van der Waals surface area contributed by atoms with E-state index in [9.17, 15) is 20.2 Å². The Bertz CT molecular complexity index is 1050. The fourth-order valence-electron chi connectivity index (χ4n) is 2.26. The van der Waals surface area contributed by atoms with Gasteiger partial charge >= 0.3 is 0 Å². The Morgan fingerprint density at radius 3 is 0.893 bits per heavy atom. The van der Waals surface area contributed by atoms with Crippen molar-refractivity contribution in [3.63, 3.8) is 0 Å². The van der Waals surface area contributed by atoms with Crippen LogP contribution in [-0.4, -0.2) is 9.85 Å². The van der Waals surface area contributed by atoms with Crippen LogP contribution in [0.2, 0.25) is 0 Å². The minimum absolute atomic E-state index is 0.0292. The highest BCUT2D eigenvalue weighted by atomic mass is 16.6. The molecule has 3 aromatic carbocycles. The first-order valence-corrected chi connectivity index (χ1v) is 8.14. The molecule has 134 valence electrons. The SMILES string of the molecule is O=[N+]([O-])c1ccc(C#Cc2ccc(C#Cc3ccc([N+](=O)[O-])cc3)cc2)cc1. The molecule has 0 unspecified atom stereocenters. The van der Waals surface area contributed by atoms with Gasteiger partial charge < -0.3 is 0 Å². The van der Waals surface area contributed by atoms with Gasteiger partial charge in [-0.15, -0.1) is 0 Å². The number of hydrogen-bond donors (Lipinski definition) is 0. The third-order valence-corrected chi connectivity index (χ3v) is 3.74. The molecule has 3 rings (SSSR count). The van der Waals surface area contributed by atoms with Gasteiger partial charge in [0, 0.05) is 46.5 Å². The maximum absolute atomic E-state index is 10.6. The Morgan fingerprint density at radius 2 is 0.679 bits per heavy atom. The Morgan fingerprint density at radius 1 is 0.464 bits per heavy atom. The summed E-state index contributed by atoms with van der Waals surface area (Å²) in [5.74, 6) is 11.9. The number of rotatable bonds is 2. The quantitative estimate of drug-likeness (QED) is 0.383. The van der Waals surface area contributed by atoms with E-state index in [4.69, 9.17) is 0 Å². The van der Waals surface area contributed by atoms with Crippen molar-refractivity contribution in [2.24, 2.45) is 0 Å². The van der Waals surface area contributed by atoms with E-state index in [1.165, 1.54) is 24.3 Å². The topological polar surface area (TPSA) is 86.3 Å². The van der Waals surface area contributed by atoms with Crippen molar-refractivity contribution in [3.8, 4) is 23.7 Å². The second-order valence-electron chi connectivity index (χ2n) is 5.69. The second-order valence-corrected chi connectivity index (χ2v) is 5.69. The van der Waals surface area contributed by atoms with Crippen LogP contribution in [0.25, 0.3) is 0 Å². The molecule has 0 N–H and O–H groups in total. The number of hydrogen-bond acceptors (Lipinski definition) is 4. The highest BCUT2D eigenvalue weighted by molar-refractivity contribution is 5.49. The highest BCUT2D eigenvalue weighted by Crippen LogP contribution is 2.12. The van der Waals surface area contributed by atoms with E-state index in [0.29, 0.717) is 11.1 Å². The van der Waals surface area contributed by atoms with Gasteiger partial charge in [-0.1, -0.05) is 23.7 Å². The van der Waals surface area contributed by atoms with Crippen molar-refractivity contribution in [2.45, 2.75) is 0 Å². The van der Waals surface area contributed by atoms with E-state index in [2.05, 4.69) is 23.7 Å². The third kappa shape index (κ3) is 4.81. The lowest BCUT2D eigenvalue weighted by molar-refractivity contribution is -0.385. The summed E-state index contributed by atoms with van der Waals surface area (Å²) >= 11 is 0. The molecule has 0 aliphatic carbocycles. The molecule has 0 bridgehead atoms. The fourth-order valence-corrected chi connectivity index (χ4v) is 2.26. The molecule has 0 amide bonds. The summed E-state index contributed by atoms with van der Waals surface area (Å²) in [4.78, 5) is 20.4. The largest absolute Gasteiger partial charge is 0.269 e. The number of nitro groups is 2. The second kappa shape index (κ2) is 8.31. The standard InChI is InChI=1S/C22H12N2O4/c25-23(26)21-13-9-19(10-14-21)7-5-17-1-2-18(4-3-17)6-8-20-11-15-22(16-12-20)24(27)28/h1-4,9-16H. The lowest BCUT2D eigenvalue weighted by Gasteiger charge is -1.94. The highest BCUT2D eigenvalue weighted by Gasteiger charge is 2.03. The maximum Gasteiger partial charge on any atom is 0.269 e. The predicted octanol–water partition coefficient (Wildman–Crippen LogP) is 4.30. The number of nitro benzene ring substituents is 2. The monoisotopic (exact) mass is 368 g/mol. The van der Waals surface area contributed by atoms with Gasteiger partial charge in [-0.05, 0) is 48.5 Å². The van der Waals surface area contributed by atoms with E-state index < -0.39 is 9.85 Å². The zero-order chi connectivity index (χ0) is 19.9. The van der Waals surface area contributed by atoms with Crippen molar-refractivity contribution < 1.29 is 9.85 Å². The van der Waals surface area contributed by atoms with Crippen molar-refractivity contribution in [1.82, 2.24) is 0 Å². The van der Waals surface area contributed by atoms with Crippen LogP contribution in [0.1, 0.15) is 22.3 Å². The summed E-state index contributed by atoms with van der Waals surface area (Å²) in [6.07, 6.45) is 0. The van der Waals surface area contributed by atoms with Crippen LogP contribution in [0.4, 0.5) is 11.4 Å². The molecule has 28 heavy (non-hydrogen) atoms. The summed E-state index contributed by atoms with van der Waals surface area (Å²) in [7, 11) is 0. The van der Waals surface area contributed by atoms with Crippen LogP contribution in [0, 0.1) is 43.9 Å². The van der Waals surface area contributed by atoms with Gasteiger partial charge in [0.05, 0.1) is 9.85 Å². The normalized spacial score (nSPS) is 9.43. The predicted molar refractivity (Wildman–Crippen MR) is 105 cm³/mol. The first kappa shape index (κ1) is 18.4. The Kier molecular flexibility index (Phi) is 5.45. The molecule has 0 heterocycles. The molecule has 0 saturated heterocycles. The molecule has 0 aromatic heterocycles. The summed E-state index contributed by atoms with van der Waals surface area (Å²) in [5, 5.41) is 21.3. The van der Waals surface area contributed by atoms with Gasteiger partial charge in [-0.2, -0.15) is 0 Å². The van der Waals surface area contributed by atoms with Crippen LogP contribution < -0.4 is 0 Å². The van der Waals surface area contributed by atoms with Crippen molar-refractivity contribution >= 4 is 11.4 Å². The van der Waals surface area contributed by atoms with Crippen molar-refractivity contribution in [2.75, 3.05) is 0 Å². The molecule has 3 aromatic rings. The minimum Gasteiger partial charge on any atom is -0.258 e. The maximum atomic E-state index is 10.6. The number of benzene rings is 3. The Hall–Kier alpha value is -4.42. The summed E-state index contributed by atoms with van der Waals surface area (Å²) < 4.78 is 0. The lowest BCUT2D eigenvalue weighted by Crippen LogP contribution is -1.87. The van der Waals surface area contributed by atoms with Gasteiger partial charge in [-0.3, -0.25) is 20.2 Å². The van der Waals surface area contributed by atoms with Crippen LogP contribution in [0.5, 0.6) is 0 Å². The third-order valence-electron chi connectivity index (χ3n) is 3.74. The molecule has 0 fully saturated rings. The van der Waals surface area contributed by atoms with Gasteiger partial charge in [0.15, 0.2) is 0 Å².